The van der Waals surface area contributed by atoms with E-state index in [0.29, 0.717) is 0 Å². The molecule has 118 valence electrons. The Morgan fingerprint density at radius 1 is 1.29 bits per heavy atom. The SMILES string of the molecule is Cc1ccc2c(n1)N(C)[C@H](CO)CCN(C1CCC1)C2.Cl. The van der Waals surface area contributed by atoms with E-state index in [-0.39, 0.29) is 25.1 Å². The Morgan fingerprint density at radius 3 is 2.67 bits per heavy atom. The minimum Gasteiger partial charge on any atom is -0.394 e. The standard InChI is InChI=1S/C16H25N3O.ClH/c1-12-6-7-13-10-19(14-4-3-5-14)9-8-15(11-20)18(2)16(13)17-12;/h6-7,14-15,20H,3-5,8-11H2,1-2H3;1H/t15-;/m0./s1. The molecular formula is C16H26ClN3O. The van der Waals surface area contributed by atoms with E-state index in [9.17, 15) is 5.11 Å². The molecule has 0 amide bonds. The van der Waals surface area contributed by atoms with Gasteiger partial charge in [-0.2, -0.15) is 0 Å². The Kier molecular flexibility index (Phi) is 5.47. The van der Waals surface area contributed by atoms with Gasteiger partial charge in [0.2, 0.25) is 0 Å². The summed E-state index contributed by atoms with van der Waals surface area (Å²) in [6.07, 6.45) is 5.03. The van der Waals surface area contributed by atoms with Crippen LogP contribution in [0.5, 0.6) is 0 Å². The summed E-state index contributed by atoms with van der Waals surface area (Å²) in [7, 11) is 2.06. The van der Waals surface area contributed by atoms with Gasteiger partial charge in [-0.3, -0.25) is 4.90 Å². The summed E-state index contributed by atoms with van der Waals surface area (Å²) in [5.74, 6) is 1.05. The highest BCUT2D eigenvalue weighted by Crippen LogP contribution is 2.31. The number of fused-ring (bicyclic) bond motifs is 1. The molecule has 21 heavy (non-hydrogen) atoms. The number of aliphatic hydroxyl groups is 1. The summed E-state index contributed by atoms with van der Waals surface area (Å²) < 4.78 is 0. The van der Waals surface area contributed by atoms with Crippen molar-refractivity contribution in [3.8, 4) is 0 Å². The largest absolute Gasteiger partial charge is 0.394 e. The highest BCUT2D eigenvalue weighted by molar-refractivity contribution is 5.85. The van der Waals surface area contributed by atoms with E-state index in [1.54, 1.807) is 0 Å². The van der Waals surface area contributed by atoms with E-state index in [0.717, 1.165) is 37.1 Å². The molecule has 1 aliphatic carbocycles. The Hall–Kier alpha value is -0.840. The molecular weight excluding hydrogens is 286 g/mol. The first-order chi connectivity index (χ1) is 9.69. The predicted octanol–water partition coefficient (Wildman–Crippen LogP) is 2.37. The fraction of sp³-hybridized carbons (Fsp3) is 0.688. The molecule has 3 rings (SSSR count). The quantitative estimate of drug-likeness (QED) is 0.910. The maximum atomic E-state index is 9.68. The molecule has 0 radical (unpaired) electrons. The minimum atomic E-state index is 0. The van der Waals surface area contributed by atoms with Gasteiger partial charge < -0.3 is 10.0 Å². The molecule has 0 spiro atoms. The monoisotopic (exact) mass is 311 g/mol. The molecule has 1 aromatic heterocycles. The number of nitrogens with zero attached hydrogens (tertiary/aromatic N) is 3. The van der Waals surface area contributed by atoms with Crippen molar-refractivity contribution in [1.29, 1.82) is 0 Å². The van der Waals surface area contributed by atoms with Gasteiger partial charge in [-0.05, 0) is 32.3 Å². The van der Waals surface area contributed by atoms with Gasteiger partial charge in [-0.25, -0.2) is 4.98 Å². The van der Waals surface area contributed by atoms with E-state index in [1.807, 2.05) is 6.92 Å². The average Bonchev–Trinajstić information content (AvgIpc) is 2.37. The molecule has 1 saturated carbocycles. The van der Waals surface area contributed by atoms with Crippen LogP contribution in [0.25, 0.3) is 0 Å². The molecule has 1 fully saturated rings. The highest BCUT2D eigenvalue weighted by atomic mass is 35.5. The number of aromatic nitrogens is 1. The van der Waals surface area contributed by atoms with Gasteiger partial charge in [0.1, 0.15) is 5.82 Å². The molecule has 0 unspecified atom stereocenters. The third kappa shape index (κ3) is 3.33. The van der Waals surface area contributed by atoms with Crippen molar-refractivity contribution in [2.45, 2.75) is 51.2 Å². The summed E-state index contributed by atoms with van der Waals surface area (Å²) in [5, 5.41) is 9.68. The molecule has 1 atom stereocenters. The van der Waals surface area contributed by atoms with Crippen LogP contribution in [0, 0.1) is 6.92 Å². The number of rotatable bonds is 2. The number of likely N-dealkylation sites (N-methyl/N-ethyl adjacent to an activating group) is 1. The number of aliphatic hydroxyl groups excluding tert-OH is 1. The Labute approximate surface area is 133 Å². The molecule has 1 aliphatic heterocycles. The first-order valence-electron chi connectivity index (χ1n) is 7.73. The third-order valence-corrected chi connectivity index (χ3v) is 4.90. The van der Waals surface area contributed by atoms with Gasteiger partial charge >= 0.3 is 0 Å². The van der Waals surface area contributed by atoms with Crippen molar-refractivity contribution in [2.75, 3.05) is 25.1 Å². The lowest BCUT2D eigenvalue weighted by Gasteiger charge is -2.41. The first kappa shape index (κ1) is 16.5. The minimum absolute atomic E-state index is 0. The maximum absolute atomic E-state index is 9.68. The second kappa shape index (κ2) is 6.95. The van der Waals surface area contributed by atoms with Crippen LogP contribution in [-0.2, 0) is 6.54 Å². The second-order valence-corrected chi connectivity index (χ2v) is 6.23. The van der Waals surface area contributed by atoms with Gasteiger partial charge in [0, 0.05) is 37.4 Å². The third-order valence-electron chi connectivity index (χ3n) is 4.90. The lowest BCUT2D eigenvalue weighted by atomic mass is 9.90. The lowest BCUT2D eigenvalue weighted by molar-refractivity contribution is 0.108. The number of halogens is 1. The lowest BCUT2D eigenvalue weighted by Crippen LogP contribution is -2.46. The molecule has 1 aromatic rings. The van der Waals surface area contributed by atoms with Gasteiger partial charge in [0.15, 0.2) is 0 Å². The van der Waals surface area contributed by atoms with Crippen molar-refractivity contribution in [2.24, 2.45) is 0 Å². The summed E-state index contributed by atoms with van der Waals surface area (Å²) in [5.41, 5.74) is 2.34. The van der Waals surface area contributed by atoms with Crippen LogP contribution in [0.15, 0.2) is 12.1 Å². The molecule has 0 aromatic carbocycles. The molecule has 1 N–H and O–H groups in total. The number of anilines is 1. The zero-order chi connectivity index (χ0) is 14.1. The van der Waals surface area contributed by atoms with Gasteiger partial charge in [0.05, 0.1) is 12.6 Å². The average molecular weight is 312 g/mol. The van der Waals surface area contributed by atoms with Crippen molar-refractivity contribution >= 4 is 18.2 Å². The first-order valence-corrected chi connectivity index (χ1v) is 7.73. The number of pyridine rings is 1. The number of hydrogen-bond acceptors (Lipinski definition) is 4. The molecule has 4 nitrogen and oxygen atoms in total. The summed E-state index contributed by atoms with van der Waals surface area (Å²) in [4.78, 5) is 9.48. The van der Waals surface area contributed by atoms with Crippen molar-refractivity contribution < 1.29 is 5.11 Å². The summed E-state index contributed by atoms with van der Waals surface area (Å²) >= 11 is 0. The van der Waals surface area contributed by atoms with Crippen LogP contribution in [0.1, 0.15) is 36.9 Å². The summed E-state index contributed by atoms with van der Waals surface area (Å²) in [6.45, 7) is 4.30. The van der Waals surface area contributed by atoms with E-state index < -0.39 is 0 Å². The molecule has 2 aliphatic rings. The molecule has 0 saturated heterocycles. The van der Waals surface area contributed by atoms with Crippen molar-refractivity contribution in [1.82, 2.24) is 9.88 Å². The fourth-order valence-electron chi connectivity index (χ4n) is 3.26. The summed E-state index contributed by atoms with van der Waals surface area (Å²) in [6, 6.07) is 5.22. The van der Waals surface area contributed by atoms with Gasteiger partial charge in [-0.15, -0.1) is 12.4 Å². The maximum Gasteiger partial charge on any atom is 0.133 e. The Balaban J connectivity index is 0.00000161. The zero-order valence-corrected chi connectivity index (χ0v) is 13.8. The Bertz CT molecular complexity index is 479. The zero-order valence-electron chi connectivity index (χ0n) is 13.0. The van der Waals surface area contributed by atoms with Crippen LogP contribution in [0.3, 0.4) is 0 Å². The fourth-order valence-corrected chi connectivity index (χ4v) is 3.26. The second-order valence-electron chi connectivity index (χ2n) is 6.23. The highest BCUT2D eigenvalue weighted by Gasteiger charge is 2.29. The van der Waals surface area contributed by atoms with Crippen LogP contribution < -0.4 is 4.90 Å². The predicted molar refractivity (Wildman–Crippen MR) is 88.2 cm³/mol. The van der Waals surface area contributed by atoms with Crippen LogP contribution in [-0.4, -0.2) is 47.3 Å². The molecule has 0 bridgehead atoms. The number of hydrogen-bond donors (Lipinski definition) is 1. The van der Waals surface area contributed by atoms with Crippen molar-refractivity contribution in [3.63, 3.8) is 0 Å². The normalized spacial score (nSPS) is 23.6. The van der Waals surface area contributed by atoms with Gasteiger partial charge in [0.25, 0.3) is 0 Å². The van der Waals surface area contributed by atoms with E-state index >= 15 is 0 Å². The van der Waals surface area contributed by atoms with Gasteiger partial charge in [-0.1, -0.05) is 12.5 Å². The van der Waals surface area contributed by atoms with E-state index in [4.69, 9.17) is 4.98 Å². The number of aryl methyl sites for hydroxylation is 1. The van der Waals surface area contributed by atoms with Crippen LogP contribution in [0.4, 0.5) is 5.82 Å². The van der Waals surface area contributed by atoms with Crippen LogP contribution in [0.2, 0.25) is 0 Å². The molecule has 2 heterocycles. The molecule has 5 heteroatoms. The Morgan fingerprint density at radius 2 is 2.05 bits per heavy atom. The van der Waals surface area contributed by atoms with Crippen molar-refractivity contribution in [3.05, 3.63) is 23.4 Å². The van der Waals surface area contributed by atoms with Crippen LogP contribution >= 0.6 is 12.4 Å². The van der Waals surface area contributed by atoms with E-state index in [1.165, 1.54) is 24.8 Å². The topological polar surface area (TPSA) is 39.6 Å². The smallest absolute Gasteiger partial charge is 0.133 e. The van der Waals surface area contributed by atoms with E-state index in [2.05, 4.69) is 29.0 Å².